The van der Waals surface area contributed by atoms with E-state index >= 15 is 0 Å². The van der Waals surface area contributed by atoms with Gasteiger partial charge in [0, 0.05) is 5.56 Å². The first-order valence-electron chi connectivity index (χ1n) is 9.59. The molecule has 30 heavy (non-hydrogen) atoms. The van der Waals surface area contributed by atoms with Crippen LogP contribution < -0.4 is 10.1 Å². The molecule has 0 radical (unpaired) electrons. The Labute approximate surface area is 179 Å². The van der Waals surface area contributed by atoms with Crippen LogP contribution in [0.2, 0.25) is 0 Å². The number of rotatable bonds is 7. The molecule has 0 aliphatic heterocycles. The summed E-state index contributed by atoms with van der Waals surface area (Å²) in [5.74, 6) is 0.911. The first-order valence-corrected chi connectivity index (χ1v) is 10.5. The van der Waals surface area contributed by atoms with Gasteiger partial charge in [-0.15, -0.1) is 16.4 Å². The second-order valence-electron chi connectivity index (χ2n) is 7.02. The number of ether oxygens (including phenoxy) is 1. The molecule has 0 fully saturated rings. The zero-order chi connectivity index (χ0) is 20.9. The third-order valence-corrected chi connectivity index (χ3v) is 5.70. The molecule has 0 saturated heterocycles. The van der Waals surface area contributed by atoms with Crippen LogP contribution in [0.25, 0.3) is 0 Å². The lowest BCUT2D eigenvalue weighted by Gasteiger charge is -2.07. The van der Waals surface area contributed by atoms with Crippen LogP contribution in [0.5, 0.6) is 5.75 Å². The predicted octanol–water partition coefficient (Wildman–Crippen LogP) is 4.84. The summed E-state index contributed by atoms with van der Waals surface area (Å²) in [6.45, 7) is 5.09. The van der Waals surface area contributed by atoms with E-state index in [-0.39, 0.29) is 5.91 Å². The highest BCUT2D eigenvalue weighted by Gasteiger charge is 2.13. The molecule has 2 aromatic carbocycles. The fourth-order valence-corrected chi connectivity index (χ4v) is 3.79. The maximum Gasteiger partial charge on any atom is 0.268 e. The minimum Gasteiger partial charge on any atom is -0.489 e. The maximum absolute atomic E-state index is 12.5. The van der Waals surface area contributed by atoms with Crippen molar-refractivity contribution >= 4 is 23.2 Å². The second-order valence-corrected chi connectivity index (χ2v) is 7.93. The molecule has 6 nitrogen and oxygen atoms in total. The monoisotopic (exact) mass is 418 g/mol. The number of carbonyl (C=O) groups excluding carboxylic acids is 1. The normalized spacial score (nSPS) is 10.7. The topological polar surface area (TPSA) is 69.0 Å². The third-order valence-electron chi connectivity index (χ3n) is 4.72. The Morgan fingerprint density at radius 2 is 1.87 bits per heavy atom. The largest absolute Gasteiger partial charge is 0.489 e. The summed E-state index contributed by atoms with van der Waals surface area (Å²) in [5, 5.41) is 9.05. The van der Waals surface area contributed by atoms with Gasteiger partial charge in [0.05, 0.1) is 11.4 Å². The van der Waals surface area contributed by atoms with Crippen LogP contribution in [0, 0.1) is 13.8 Å². The number of nitrogens with zero attached hydrogens (tertiary/aromatic N) is 3. The Hall–Kier alpha value is -3.45. The van der Waals surface area contributed by atoms with Gasteiger partial charge >= 0.3 is 0 Å². The average molecular weight is 419 g/mol. The predicted molar refractivity (Wildman–Crippen MR) is 118 cm³/mol. The summed E-state index contributed by atoms with van der Waals surface area (Å²) < 4.78 is 7.57. The lowest BCUT2D eigenvalue weighted by Crippen LogP contribution is -2.12. The fourth-order valence-electron chi connectivity index (χ4n) is 3.00. The summed E-state index contributed by atoms with van der Waals surface area (Å²) in [4.78, 5) is 17.3. The molecule has 0 bridgehead atoms. The van der Waals surface area contributed by atoms with E-state index in [0.29, 0.717) is 24.0 Å². The summed E-state index contributed by atoms with van der Waals surface area (Å²) in [7, 11) is 0. The van der Waals surface area contributed by atoms with E-state index in [2.05, 4.69) is 34.5 Å². The lowest BCUT2D eigenvalue weighted by atomic mass is 10.1. The molecule has 0 unspecified atom stereocenters. The van der Waals surface area contributed by atoms with Gasteiger partial charge in [0.15, 0.2) is 0 Å². The van der Waals surface area contributed by atoms with Crippen molar-refractivity contribution in [2.75, 3.05) is 5.32 Å². The Balaban J connectivity index is 1.35. The van der Waals surface area contributed by atoms with Crippen molar-refractivity contribution in [1.29, 1.82) is 0 Å². The number of hydrogen-bond donors (Lipinski definition) is 1. The van der Waals surface area contributed by atoms with Gasteiger partial charge in [-0.05, 0) is 48.1 Å². The zero-order valence-electron chi connectivity index (χ0n) is 16.8. The SMILES string of the molecule is Cc1ccccc1Cn1cnc(NC(=O)c2cc(COc3ccccc3C)cs2)n1. The zero-order valence-corrected chi connectivity index (χ0v) is 17.6. The number of benzene rings is 2. The number of amides is 1. The van der Waals surface area contributed by atoms with Crippen molar-refractivity contribution in [3.05, 3.63) is 93.4 Å². The van der Waals surface area contributed by atoms with Crippen molar-refractivity contribution in [1.82, 2.24) is 14.8 Å². The number of aromatic nitrogens is 3. The molecule has 152 valence electrons. The van der Waals surface area contributed by atoms with E-state index in [1.54, 1.807) is 11.0 Å². The highest BCUT2D eigenvalue weighted by Crippen LogP contribution is 2.21. The van der Waals surface area contributed by atoms with E-state index in [0.717, 1.165) is 22.4 Å². The highest BCUT2D eigenvalue weighted by atomic mass is 32.1. The first kappa shape index (κ1) is 19.8. The number of thiophene rings is 1. The molecular weight excluding hydrogens is 396 g/mol. The highest BCUT2D eigenvalue weighted by molar-refractivity contribution is 7.12. The molecular formula is C23H22N4O2S. The molecule has 0 spiro atoms. The molecule has 7 heteroatoms. The van der Waals surface area contributed by atoms with Crippen LogP contribution in [0.3, 0.4) is 0 Å². The fraction of sp³-hybridized carbons (Fsp3) is 0.174. The smallest absolute Gasteiger partial charge is 0.268 e. The summed E-state index contributed by atoms with van der Waals surface area (Å²) in [6.07, 6.45) is 1.62. The van der Waals surface area contributed by atoms with Gasteiger partial charge in [-0.3, -0.25) is 10.1 Å². The number of hydrogen-bond acceptors (Lipinski definition) is 5. The molecule has 1 amide bonds. The second kappa shape index (κ2) is 8.92. The molecule has 0 saturated carbocycles. The summed E-state index contributed by atoms with van der Waals surface area (Å²) in [6, 6.07) is 17.8. The van der Waals surface area contributed by atoms with Crippen molar-refractivity contribution in [2.45, 2.75) is 27.0 Å². The molecule has 2 aromatic heterocycles. The van der Waals surface area contributed by atoms with Crippen LogP contribution >= 0.6 is 11.3 Å². The molecule has 0 aliphatic rings. The Kier molecular flexibility index (Phi) is 5.90. The number of para-hydroxylation sites is 1. The molecule has 4 rings (SSSR count). The quantitative estimate of drug-likeness (QED) is 0.466. The van der Waals surface area contributed by atoms with E-state index in [9.17, 15) is 4.79 Å². The molecule has 1 N–H and O–H groups in total. The Bertz CT molecular complexity index is 1170. The Morgan fingerprint density at radius 3 is 2.67 bits per heavy atom. The number of nitrogens with one attached hydrogen (secondary N) is 1. The number of carbonyl (C=O) groups is 1. The van der Waals surface area contributed by atoms with Crippen LogP contribution in [0.4, 0.5) is 5.95 Å². The molecule has 0 aliphatic carbocycles. The van der Waals surface area contributed by atoms with Crippen LogP contribution in [-0.4, -0.2) is 20.7 Å². The number of anilines is 1. The van der Waals surface area contributed by atoms with E-state index in [4.69, 9.17) is 4.74 Å². The first-order chi connectivity index (χ1) is 14.6. The minimum absolute atomic E-state index is 0.226. The van der Waals surface area contributed by atoms with Gasteiger partial charge in [-0.1, -0.05) is 42.5 Å². The van der Waals surface area contributed by atoms with Gasteiger partial charge in [0.25, 0.3) is 5.91 Å². The molecule has 2 heterocycles. The van der Waals surface area contributed by atoms with Gasteiger partial charge < -0.3 is 4.74 Å². The van der Waals surface area contributed by atoms with E-state index in [1.807, 2.05) is 54.8 Å². The van der Waals surface area contributed by atoms with Crippen LogP contribution in [0.1, 0.15) is 31.9 Å². The lowest BCUT2D eigenvalue weighted by molar-refractivity contribution is 0.102. The maximum atomic E-state index is 12.5. The molecule has 0 atom stereocenters. The standard InChI is InChI=1S/C23H22N4O2S/c1-16-7-3-5-9-19(16)12-27-15-24-23(26-27)25-22(28)21-11-18(14-30-21)13-29-20-10-6-4-8-17(20)2/h3-11,14-15H,12-13H2,1-2H3,(H,25,26,28). The van der Waals surface area contributed by atoms with Gasteiger partial charge in [0.2, 0.25) is 5.95 Å². The van der Waals surface area contributed by atoms with Crippen molar-refractivity contribution in [3.63, 3.8) is 0 Å². The summed E-state index contributed by atoms with van der Waals surface area (Å²) in [5.41, 5.74) is 4.39. The minimum atomic E-state index is -0.226. The van der Waals surface area contributed by atoms with E-state index < -0.39 is 0 Å². The molecule has 4 aromatic rings. The van der Waals surface area contributed by atoms with Gasteiger partial charge in [-0.2, -0.15) is 0 Å². The van der Waals surface area contributed by atoms with Crippen LogP contribution in [-0.2, 0) is 13.2 Å². The average Bonchev–Trinajstić information content (AvgIpc) is 3.39. The third kappa shape index (κ3) is 4.75. The van der Waals surface area contributed by atoms with Crippen molar-refractivity contribution in [3.8, 4) is 5.75 Å². The number of aryl methyl sites for hydroxylation is 2. The van der Waals surface area contributed by atoms with Gasteiger partial charge in [-0.25, -0.2) is 9.67 Å². The van der Waals surface area contributed by atoms with Gasteiger partial charge in [0.1, 0.15) is 18.7 Å². The van der Waals surface area contributed by atoms with Crippen LogP contribution in [0.15, 0.2) is 66.3 Å². The summed E-state index contributed by atoms with van der Waals surface area (Å²) >= 11 is 1.37. The Morgan fingerprint density at radius 1 is 1.10 bits per heavy atom. The van der Waals surface area contributed by atoms with E-state index in [1.165, 1.54) is 16.9 Å². The van der Waals surface area contributed by atoms with Crippen molar-refractivity contribution < 1.29 is 9.53 Å². The van der Waals surface area contributed by atoms with Crippen molar-refractivity contribution in [2.24, 2.45) is 0 Å².